The van der Waals surface area contributed by atoms with Crippen LogP contribution in [0, 0.1) is 11.3 Å². The maximum absolute atomic E-state index is 12.4. The molecule has 1 aliphatic carbocycles. The van der Waals surface area contributed by atoms with E-state index >= 15 is 0 Å². The predicted molar refractivity (Wildman–Crippen MR) is 88.9 cm³/mol. The molecular formula is C17H31N3O3. The predicted octanol–water partition coefficient (Wildman–Crippen LogP) is 1.88. The molecular weight excluding hydrogens is 294 g/mol. The van der Waals surface area contributed by atoms with E-state index in [1.165, 1.54) is 19.3 Å². The van der Waals surface area contributed by atoms with E-state index < -0.39 is 12.0 Å². The number of rotatable bonds is 4. The van der Waals surface area contributed by atoms with Gasteiger partial charge in [-0.3, -0.25) is 4.79 Å². The highest BCUT2D eigenvalue weighted by atomic mass is 16.5. The molecule has 1 heterocycles. The van der Waals surface area contributed by atoms with E-state index in [1.54, 1.807) is 4.90 Å². The number of carbonyl (C=O) groups excluding carboxylic acids is 2. The number of nitrogens with two attached hydrogens (primary N) is 1. The summed E-state index contributed by atoms with van der Waals surface area (Å²) in [6.45, 7) is 8.05. The van der Waals surface area contributed by atoms with Crippen molar-refractivity contribution >= 4 is 11.9 Å². The fourth-order valence-electron chi connectivity index (χ4n) is 3.58. The summed E-state index contributed by atoms with van der Waals surface area (Å²) in [5, 5.41) is 3.12. The molecule has 2 fully saturated rings. The fraction of sp³-hybridized carbons (Fsp3) is 0.882. The zero-order valence-corrected chi connectivity index (χ0v) is 14.6. The zero-order chi connectivity index (χ0) is 17.0. The summed E-state index contributed by atoms with van der Waals surface area (Å²) in [5.41, 5.74) is 5.64. The molecule has 1 atom stereocenters. The first-order chi connectivity index (χ1) is 10.8. The molecule has 6 heteroatoms. The largest absolute Gasteiger partial charge is 0.367 e. The van der Waals surface area contributed by atoms with Crippen LogP contribution in [0.3, 0.4) is 0 Å². The summed E-state index contributed by atoms with van der Waals surface area (Å²) in [6.07, 6.45) is 4.90. The zero-order valence-electron chi connectivity index (χ0n) is 14.6. The van der Waals surface area contributed by atoms with E-state index in [4.69, 9.17) is 10.5 Å². The minimum atomic E-state index is -0.685. The molecule has 1 aliphatic heterocycles. The molecule has 2 aliphatic rings. The molecule has 23 heavy (non-hydrogen) atoms. The van der Waals surface area contributed by atoms with Gasteiger partial charge in [0.1, 0.15) is 0 Å². The number of primary amides is 1. The standard InChI is InChI=1S/C17H31N3O3/c1-4-17(2,3)12-5-7-13(8-6-12)19-16(22)20-9-10-23-14(11-20)15(18)21/h12-14H,4-11H2,1-3H3,(H2,18,21)(H,19,22)/t12?,13?,14-/m1/s1. The lowest BCUT2D eigenvalue weighted by atomic mass is 9.69. The minimum Gasteiger partial charge on any atom is -0.367 e. The number of hydrogen-bond donors (Lipinski definition) is 2. The van der Waals surface area contributed by atoms with Crippen LogP contribution < -0.4 is 11.1 Å². The number of hydrogen-bond acceptors (Lipinski definition) is 3. The Morgan fingerprint density at radius 1 is 1.26 bits per heavy atom. The van der Waals surface area contributed by atoms with Crippen molar-refractivity contribution < 1.29 is 14.3 Å². The van der Waals surface area contributed by atoms with Crippen LogP contribution in [0.25, 0.3) is 0 Å². The molecule has 0 unspecified atom stereocenters. The van der Waals surface area contributed by atoms with Crippen molar-refractivity contribution in [2.75, 3.05) is 19.7 Å². The van der Waals surface area contributed by atoms with Crippen molar-refractivity contribution in [3.8, 4) is 0 Å². The smallest absolute Gasteiger partial charge is 0.317 e. The van der Waals surface area contributed by atoms with Crippen LogP contribution in [-0.2, 0) is 9.53 Å². The average molecular weight is 325 g/mol. The van der Waals surface area contributed by atoms with Crippen LogP contribution in [0.2, 0.25) is 0 Å². The lowest BCUT2D eigenvalue weighted by molar-refractivity contribution is -0.133. The van der Waals surface area contributed by atoms with E-state index in [2.05, 4.69) is 26.1 Å². The second kappa shape index (κ2) is 7.51. The van der Waals surface area contributed by atoms with Gasteiger partial charge in [-0.1, -0.05) is 27.2 Å². The highest BCUT2D eigenvalue weighted by molar-refractivity contribution is 5.81. The van der Waals surface area contributed by atoms with Crippen LogP contribution in [0.4, 0.5) is 4.79 Å². The van der Waals surface area contributed by atoms with Gasteiger partial charge in [-0.15, -0.1) is 0 Å². The monoisotopic (exact) mass is 325 g/mol. The minimum absolute atomic E-state index is 0.0993. The summed E-state index contributed by atoms with van der Waals surface area (Å²) >= 11 is 0. The Morgan fingerprint density at radius 3 is 2.48 bits per heavy atom. The van der Waals surface area contributed by atoms with Crippen LogP contribution >= 0.6 is 0 Å². The summed E-state index contributed by atoms with van der Waals surface area (Å²) in [6, 6.07) is 0.138. The summed E-state index contributed by atoms with van der Waals surface area (Å²) in [5.74, 6) is 0.230. The van der Waals surface area contributed by atoms with Gasteiger partial charge in [-0.05, 0) is 37.0 Å². The fourth-order valence-corrected chi connectivity index (χ4v) is 3.58. The number of nitrogens with one attached hydrogen (secondary N) is 1. The molecule has 6 nitrogen and oxygen atoms in total. The average Bonchev–Trinajstić information content (AvgIpc) is 2.55. The summed E-state index contributed by atoms with van der Waals surface area (Å²) < 4.78 is 5.28. The lowest BCUT2D eigenvalue weighted by Crippen LogP contribution is -2.55. The Hall–Kier alpha value is -1.30. The first-order valence-electron chi connectivity index (χ1n) is 8.80. The van der Waals surface area contributed by atoms with E-state index in [-0.39, 0.29) is 18.6 Å². The van der Waals surface area contributed by atoms with Crippen molar-refractivity contribution in [2.24, 2.45) is 17.1 Å². The molecule has 0 aromatic carbocycles. The Labute approximate surface area is 139 Å². The molecule has 1 saturated carbocycles. The Balaban J connectivity index is 1.80. The molecule has 0 aromatic rings. The highest BCUT2D eigenvalue weighted by Crippen LogP contribution is 2.40. The molecule has 0 radical (unpaired) electrons. The molecule has 2 rings (SSSR count). The first kappa shape index (κ1) is 18.0. The van der Waals surface area contributed by atoms with E-state index in [9.17, 15) is 9.59 Å². The van der Waals surface area contributed by atoms with Gasteiger partial charge >= 0.3 is 6.03 Å². The van der Waals surface area contributed by atoms with Gasteiger partial charge < -0.3 is 20.7 Å². The van der Waals surface area contributed by atoms with Gasteiger partial charge in [0.15, 0.2) is 6.10 Å². The Kier molecular flexibility index (Phi) is 5.89. The van der Waals surface area contributed by atoms with E-state index in [0.29, 0.717) is 18.6 Å². The van der Waals surface area contributed by atoms with Gasteiger partial charge in [0.05, 0.1) is 13.2 Å². The van der Waals surface area contributed by atoms with Gasteiger partial charge in [0.25, 0.3) is 0 Å². The molecule has 0 bridgehead atoms. The van der Waals surface area contributed by atoms with Gasteiger partial charge in [-0.2, -0.15) is 0 Å². The number of morpholine rings is 1. The van der Waals surface area contributed by atoms with Crippen molar-refractivity contribution in [2.45, 2.75) is 65.0 Å². The second-order valence-electron chi connectivity index (χ2n) is 7.55. The quantitative estimate of drug-likeness (QED) is 0.827. The molecule has 3 amide bonds. The Bertz CT molecular complexity index is 431. The van der Waals surface area contributed by atoms with Crippen LogP contribution in [0.15, 0.2) is 0 Å². The van der Waals surface area contributed by atoms with E-state index in [1.807, 2.05) is 0 Å². The Morgan fingerprint density at radius 2 is 1.91 bits per heavy atom. The van der Waals surface area contributed by atoms with Gasteiger partial charge in [0, 0.05) is 12.6 Å². The number of ether oxygens (including phenoxy) is 1. The van der Waals surface area contributed by atoms with Crippen molar-refractivity contribution in [1.29, 1.82) is 0 Å². The summed E-state index contributed by atoms with van der Waals surface area (Å²) in [4.78, 5) is 25.2. The third-order valence-electron chi connectivity index (χ3n) is 5.74. The van der Waals surface area contributed by atoms with Crippen molar-refractivity contribution in [3.05, 3.63) is 0 Å². The van der Waals surface area contributed by atoms with Crippen molar-refractivity contribution in [1.82, 2.24) is 10.2 Å². The SMILES string of the molecule is CCC(C)(C)C1CCC(NC(=O)N2CCO[C@@H](C(N)=O)C2)CC1. The number of carbonyl (C=O) groups is 2. The van der Waals surface area contributed by atoms with Gasteiger partial charge in [0.2, 0.25) is 5.91 Å². The topological polar surface area (TPSA) is 84.7 Å². The van der Waals surface area contributed by atoms with Crippen LogP contribution in [-0.4, -0.2) is 48.7 Å². The third kappa shape index (κ3) is 4.59. The summed E-state index contributed by atoms with van der Waals surface area (Å²) in [7, 11) is 0. The first-order valence-corrected chi connectivity index (χ1v) is 8.80. The molecule has 132 valence electrons. The maximum atomic E-state index is 12.4. The molecule has 3 N–H and O–H groups in total. The van der Waals surface area contributed by atoms with Gasteiger partial charge in [-0.25, -0.2) is 4.79 Å². The number of urea groups is 1. The number of amides is 3. The second-order valence-corrected chi connectivity index (χ2v) is 7.55. The third-order valence-corrected chi connectivity index (χ3v) is 5.74. The van der Waals surface area contributed by atoms with Crippen LogP contribution in [0.5, 0.6) is 0 Å². The molecule has 1 saturated heterocycles. The van der Waals surface area contributed by atoms with Crippen LogP contribution in [0.1, 0.15) is 52.9 Å². The lowest BCUT2D eigenvalue weighted by Gasteiger charge is -2.40. The number of nitrogens with zero attached hydrogens (tertiary/aromatic N) is 1. The maximum Gasteiger partial charge on any atom is 0.317 e. The molecule has 0 aromatic heterocycles. The highest BCUT2D eigenvalue weighted by Gasteiger charge is 2.33. The van der Waals surface area contributed by atoms with E-state index in [0.717, 1.165) is 18.8 Å². The van der Waals surface area contributed by atoms with Crippen molar-refractivity contribution in [3.63, 3.8) is 0 Å². The normalized spacial score (nSPS) is 29.2. The molecule has 0 spiro atoms.